The van der Waals surface area contributed by atoms with Crippen LogP contribution < -0.4 is 15.4 Å². The number of nitrogens with one attached hydrogen (secondary N) is 2. The highest BCUT2D eigenvalue weighted by molar-refractivity contribution is 6.06. The van der Waals surface area contributed by atoms with Gasteiger partial charge in [-0.05, 0) is 43.2 Å². The Labute approximate surface area is 154 Å². The van der Waals surface area contributed by atoms with E-state index in [-0.39, 0.29) is 11.8 Å². The van der Waals surface area contributed by atoms with Gasteiger partial charge >= 0.3 is 0 Å². The molecule has 0 radical (unpaired) electrons. The summed E-state index contributed by atoms with van der Waals surface area (Å²) in [7, 11) is 0. The maximum atomic E-state index is 12.7. The lowest BCUT2D eigenvalue weighted by Crippen LogP contribution is -2.14. The van der Waals surface area contributed by atoms with Gasteiger partial charge in [-0.1, -0.05) is 38.0 Å². The molecule has 5 heteroatoms. The molecule has 0 aromatic heterocycles. The number of amides is 2. The summed E-state index contributed by atoms with van der Waals surface area (Å²) >= 11 is 0. The normalized spacial score (nSPS) is 10.3. The van der Waals surface area contributed by atoms with Gasteiger partial charge in [-0.25, -0.2) is 0 Å². The SMILES string of the molecule is CCCCCOc1ccccc1C(=O)Nc1ccc(C)c(NC(C)=O)c1. The lowest BCUT2D eigenvalue weighted by atomic mass is 10.1. The zero-order valence-corrected chi connectivity index (χ0v) is 15.6. The largest absolute Gasteiger partial charge is 0.493 e. The van der Waals surface area contributed by atoms with Gasteiger partial charge in [0.05, 0.1) is 12.2 Å². The molecule has 0 bridgehead atoms. The monoisotopic (exact) mass is 354 g/mol. The number of aryl methyl sites for hydroxylation is 1. The van der Waals surface area contributed by atoms with Crippen molar-refractivity contribution in [2.75, 3.05) is 17.2 Å². The quantitative estimate of drug-likeness (QED) is 0.671. The predicted molar refractivity (Wildman–Crippen MR) is 105 cm³/mol. The standard InChI is InChI=1S/C21H26N2O3/c1-4-5-8-13-26-20-10-7-6-9-18(20)21(25)23-17-12-11-15(2)19(14-17)22-16(3)24/h6-7,9-12,14H,4-5,8,13H2,1-3H3,(H,22,24)(H,23,25). The van der Waals surface area contributed by atoms with E-state index in [1.807, 2.05) is 31.2 Å². The summed E-state index contributed by atoms with van der Waals surface area (Å²) in [6.07, 6.45) is 3.18. The Morgan fingerprint density at radius 1 is 1.04 bits per heavy atom. The van der Waals surface area contributed by atoms with E-state index in [0.29, 0.717) is 29.3 Å². The third-order valence-corrected chi connectivity index (χ3v) is 3.94. The lowest BCUT2D eigenvalue weighted by Gasteiger charge is -2.13. The summed E-state index contributed by atoms with van der Waals surface area (Å²) in [5, 5.41) is 5.63. The first-order chi connectivity index (χ1) is 12.5. The van der Waals surface area contributed by atoms with Crippen LogP contribution in [-0.4, -0.2) is 18.4 Å². The van der Waals surface area contributed by atoms with E-state index in [1.165, 1.54) is 6.92 Å². The van der Waals surface area contributed by atoms with Crippen LogP contribution >= 0.6 is 0 Å². The third kappa shape index (κ3) is 5.62. The smallest absolute Gasteiger partial charge is 0.259 e. The summed E-state index contributed by atoms with van der Waals surface area (Å²) in [6, 6.07) is 12.6. The Morgan fingerprint density at radius 2 is 1.81 bits per heavy atom. The molecule has 138 valence electrons. The maximum Gasteiger partial charge on any atom is 0.259 e. The average Bonchev–Trinajstić information content (AvgIpc) is 2.61. The molecule has 2 aromatic rings. The minimum Gasteiger partial charge on any atom is -0.493 e. The van der Waals surface area contributed by atoms with E-state index in [9.17, 15) is 9.59 Å². The molecule has 0 aliphatic carbocycles. The average molecular weight is 354 g/mol. The highest BCUT2D eigenvalue weighted by Gasteiger charge is 2.13. The van der Waals surface area contributed by atoms with Crippen LogP contribution in [0.25, 0.3) is 0 Å². The van der Waals surface area contributed by atoms with E-state index in [4.69, 9.17) is 4.74 Å². The third-order valence-electron chi connectivity index (χ3n) is 3.94. The molecular weight excluding hydrogens is 328 g/mol. The first-order valence-corrected chi connectivity index (χ1v) is 8.92. The molecule has 0 saturated carbocycles. The van der Waals surface area contributed by atoms with Crippen LogP contribution in [0, 0.1) is 6.92 Å². The summed E-state index contributed by atoms with van der Waals surface area (Å²) in [5.41, 5.74) is 2.72. The van der Waals surface area contributed by atoms with Crippen molar-refractivity contribution >= 4 is 23.2 Å². The molecule has 0 aliphatic rings. The van der Waals surface area contributed by atoms with Crippen LogP contribution in [0.4, 0.5) is 11.4 Å². The number of carbonyl (C=O) groups excluding carboxylic acids is 2. The number of rotatable bonds is 8. The van der Waals surface area contributed by atoms with Crippen molar-refractivity contribution in [3.63, 3.8) is 0 Å². The van der Waals surface area contributed by atoms with Gasteiger partial charge < -0.3 is 15.4 Å². The molecular formula is C21H26N2O3. The topological polar surface area (TPSA) is 67.4 Å². The summed E-state index contributed by atoms with van der Waals surface area (Å²) in [6.45, 7) is 6.08. The van der Waals surface area contributed by atoms with Gasteiger partial charge in [-0.2, -0.15) is 0 Å². The molecule has 2 rings (SSSR count). The fraction of sp³-hybridized carbons (Fsp3) is 0.333. The van der Waals surface area contributed by atoms with Crippen molar-refractivity contribution in [1.82, 2.24) is 0 Å². The minimum atomic E-state index is -0.242. The van der Waals surface area contributed by atoms with Gasteiger partial charge in [0.2, 0.25) is 5.91 Å². The predicted octanol–water partition coefficient (Wildman–Crippen LogP) is 4.77. The van der Waals surface area contributed by atoms with Gasteiger partial charge in [-0.3, -0.25) is 9.59 Å². The second-order valence-electron chi connectivity index (χ2n) is 6.22. The summed E-state index contributed by atoms with van der Waals surface area (Å²) in [4.78, 5) is 24.0. The number of para-hydroxylation sites is 1. The molecule has 0 heterocycles. The Hall–Kier alpha value is -2.82. The summed E-state index contributed by atoms with van der Waals surface area (Å²) in [5.74, 6) is 0.187. The van der Waals surface area contributed by atoms with Crippen molar-refractivity contribution in [3.8, 4) is 5.75 Å². The van der Waals surface area contributed by atoms with Gasteiger partial charge in [0.25, 0.3) is 5.91 Å². The molecule has 5 nitrogen and oxygen atoms in total. The number of hydrogen-bond acceptors (Lipinski definition) is 3. The number of ether oxygens (including phenoxy) is 1. The molecule has 2 amide bonds. The number of hydrogen-bond donors (Lipinski definition) is 2. The fourth-order valence-corrected chi connectivity index (χ4v) is 2.54. The molecule has 0 fully saturated rings. The molecule has 26 heavy (non-hydrogen) atoms. The Morgan fingerprint density at radius 3 is 2.54 bits per heavy atom. The first kappa shape index (κ1) is 19.5. The second-order valence-corrected chi connectivity index (χ2v) is 6.22. The molecule has 0 aliphatic heterocycles. The maximum absolute atomic E-state index is 12.7. The zero-order chi connectivity index (χ0) is 18.9. The van der Waals surface area contributed by atoms with E-state index >= 15 is 0 Å². The zero-order valence-electron chi connectivity index (χ0n) is 15.6. The first-order valence-electron chi connectivity index (χ1n) is 8.92. The molecule has 0 spiro atoms. The Kier molecular flexibility index (Phi) is 7.21. The van der Waals surface area contributed by atoms with Crippen molar-refractivity contribution in [1.29, 1.82) is 0 Å². The van der Waals surface area contributed by atoms with Crippen LogP contribution in [0.2, 0.25) is 0 Å². The second kappa shape index (κ2) is 9.61. The van der Waals surface area contributed by atoms with Gasteiger partial charge in [0.15, 0.2) is 0 Å². The number of benzene rings is 2. The van der Waals surface area contributed by atoms with Crippen LogP contribution in [-0.2, 0) is 4.79 Å². The van der Waals surface area contributed by atoms with Crippen LogP contribution in [0.15, 0.2) is 42.5 Å². The van der Waals surface area contributed by atoms with Crippen molar-refractivity contribution in [2.24, 2.45) is 0 Å². The molecule has 2 aromatic carbocycles. The van der Waals surface area contributed by atoms with E-state index in [2.05, 4.69) is 17.6 Å². The van der Waals surface area contributed by atoms with Gasteiger partial charge in [0.1, 0.15) is 5.75 Å². The lowest BCUT2D eigenvalue weighted by molar-refractivity contribution is -0.114. The van der Waals surface area contributed by atoms with Crippen LogP contribution in [0.1, 0.15) is 49.0 Å². The van der Waals surface area contributed by atoms with Crippen LogP contribution in [0.5, 0.6) is 5.75 Å². The minimum absolute atomic E-state index is 0.151. The Bertz CT molecular complexity index is 772. The van der Waals surface area contributed by atoms with Gasteiger partial charge in [0, 0.05) is 18.3 Å². The van der Waals surface area contributed by atoms with Gasteiger partial charge in [-0.15, -0.1) is 0 Å². The van der Waals surface area contributed by atoms with E-state index in [0.717, 1.165) is 24.8 Å². The van der Waals surface area contributed by atoms with Crippen molar-refractivity contribution < 1.29 is 14.3 Å². The number of carbonyl (C=O) groups is 2. The van der Waals surface area contributed by atoms with Crippen molar-refractivity contribution in [2.45, 2.75) is 40.0 Å². The fourth-order valence-electron chi connectivity index (χ4n) is 2.54. The highest BCUT2D eigenvalue weighted by Crippen LogP contribution is 2.23. The Balaban J connectivity index is 2.11. The van der Waals surface area contributed by atoms with Crippen LogP contribution in [0.3, 0.4) is 0 Å². The number of unbranched alkanes of at least 4 members (excludes halogenated alkanes) is 2. The number of anilines is 2. The molecule has 0 unspecified atom stereocenters. The molecule has 2 N–H and O–H groups in total. The van der Waals surface area contributed by atoms with E-state index < -0.39 is 0 Å². The molecule has 0 saturated heterocycles. The highest BCUT2D eigenvalue weighted by atomic mass is 16.5. The molecule has 0 atom stereocenters. The van der Waals surface area contributed by atoms with Crippen molar-refractivity contribution in [3.05, 3.63) is 53.6 Å². The van der Waals surface area contributed by atoms with E-state index in [1.54, 1.807) is 18.2 Å². The summed E-state index contributed by atoms with van der Waals surface area (Å²) < 4.78 is 5.78.